The first-order chi connectivity index (χ1) is 11.0. The predicted molar refractivity (Wildman–Crippen MR) is 87.1 cm³/mol. The SMILES string of the molecule is Cc1cc(C)cc(C(=O)c2cn(-c3c(C)cccc3O)nn2)c1. The van der Waals surface area contributed by atoms with Crippen LogP contribution in [-0.4, -0.2) is 25.9 Å². The van der Waals surface area contributed by atoms with Crippen LogP contribution in [0.15, 0.2) is 42.6 Å². The van der Waals surface area contributed by atoms with E-state index in [1.165, 1.54) is 4.68 Å². The number of nitrogens with zero attached hydrogens (tertiary/aromatic N) is 3. The molecule has 0 aliphatic rings. The highest BCUT2D eigenvalue weighted by Crippen LogP contribution is 2.24. The lowest BCUT2D eigenvalue weighted by Gasteiger charge is -2.06. The van der Waals surface area contributed by atoms with Gasteiger partial charge in [0.1, 0.15) is 11.4 Å². The van der Waals surface area contributed by atoms with Crippen molar-refractivity contribution in [3.05, 3.63) is 70.5 Å². The first-order valence-electron chi connectivity index (χ1n) is 7.30. The molecule has 0 spiro atoms. The Kier molecular flexibility index (Phi) is 3.70. The molecular formula is C18H17N3O2. The van der Waals surface area contributed by atoms with Crippen LogP contribution in [0.2, 0.25) is 0 Å². The van der Waals surface area contributed by atoms with Crippen molar-refractivity contribution in [2.75, 3.05) is 0 Å². The van der Waals surface area contributed by atoms with Crippen molar-refractivity contribution in [2.24, 2.45) is 0 Å². The molecule has 1 heterocycles. The van der Waals surface area contributed by atoms with Crippen molar-refractivity contribution in [3.63, 3.8) is 0 Å². The van der Waals surface area contributed by atoms with Crippen LogP contribution >= 0.6 is 0 Å². The second-order valence-corrected chi connectivity index (χ2v) is 5.70. The molecule has 0 fully saturated rings. The highest BCUT2D eigenvalue weighted by Gasteiger charge is 2.16. The van der Waals surface area contributed by atoms with Crippen molar-refractivity contribution in [1.29, 1.82) is 0 Å². The number of benzene rings is 2. The molecule has 0 bridgehead atoms. The second kappa shape index (κ2) is 5.68. The smallest absolute Gasteiger partial charge is 0.214 e. The summed E-state index contributed by atoms with van der Waals surface area (Å²) in [4.78, 5) is 12.6. The Morgan fingerprint density at radius 3 is 2.43 bits per heavy atom. The predicted octanol–water partition coefficient (Wildman–Crippen LogP) is 3.13. The fourth-order valence-electron chi connectivity index (χ4n) is 2.67. The third kappa shape index (κ3) is 2.85. The summed E-state index contributed by atoms with van der Waals surface area (Å²) in [6.45, 7) is 5.76. The number of aromatic hydroxyl groups is 1. The van der Waals surface area contributed by atoms with E-state index >= 15 is 0 Å². The van der Waals surface area contributed by atoms with E-state index in [0.717, 1.165) is 16.7 Å². The van der Waals surface area contributed by atoms with Gasteiger partial charge in [-0.3, -0.25) is 4.79 Å². The number of hydrogen-bond acceptors (Lipinski definition) is 4. The Morgan fingerprint density at radius 1 is 1.09 bits per heavy atom. The molecule has 0 amide bonds. The third-order valence-electron chi connectivity index (χ3n) is 3.66. The highest BCUT2D eigenvalue weighted by molar-refractivity contribution is 6.07. The van der Waals surface area contributed by atoms with E-state index in [4.69, 9.17) is 0 Å². The quantitative estimate of drug-likeness (QED) is 0.755. The summed E-state index contributed by atoms with van der Waals surface area (Å²) in [5.74, 6) is -0.0866. The first kappa shape index (κ1) is 15.0. The standard InChI is InChI=1S/C18H17N3O2/c1-11-7-12(2)9-14(8-11)18(23)15-10-21(20-19-15)17-13(3)5-4-6-16(17)22/h4-10,22H,1-3H3. The topological polar surface area (TPSA) is 68.0 Å². The summed E-state index contributed by atoms with van der Waals surface area (Å²) in [5.41, 5.74) is 4.26. The van der Waals surface area contributed by atoms with Gasteiger partial charge in [0, 0.05) is 5.56 Å². The van der Waals surface area contributed by atoms with Gasteiger partial charge in [-0.25, -0.2) is 4.68 Å². The van der Waals surface area contributed by atoms with Crippen LogP contribution in [0.5, 0.6) is 5.75 Å². The van der Waals surface area contributed by atoms with Crippen LogP contribution in [0.4, 0.5) is 0 Å². The number of para-hydroxylation sites is 1. The Labute approximate surface area is 134 Å². The monoisotopic (exact) mass is 307 g/mol. The summed E-state index contributed by atoms with van der Waals surface area (Å²) in [6, 6.07) is 10.9. The van der Waals surface area contributed by atoms with Gasteiger partial charge < -0.3 is 5.11 Å². The average molecular weight is 307 g/mol. The molecule has 116 valence electrons. The minimum Gasteiger partial charge on any atom is -0.506 e. The van der Waals surface area contributed by atoms with Gasteiger partial charge in [0.15, 0.2) is 5.69 Å². The number of hydrogen-bond donors (Lipinski definition) is 1. The van der Waals surface area contributed by atoms with Gasteiger partial charge >= 0.3 is 0 Å². The molecule has 23 heavy (non-hydrogen) atoms. The van der Waals surface area contributed by atoms with Crippen LogP contribution in [0, 0.1) is 20.8 Å². The summed E-state index contributed by atoms with van der Waals surface area (Å²) in [7, 11) is 0. The average Bonchev–Trinajstić information content (AvgIpc) is 2.94. The van der Waals surface area contributed by atoms with E-state index in [1.54, 1.807) is 18.3 Å². The largest absolute Gasteiger partial charge is 0.506 e. The van der Waals surface area contributed by atoms with Crippen LogP contribution in [-0.2, 0) is 0 Å². The van der Waals surface area contributed by atoms with Crippen molar-refractivity contribution in [3.8, 4) is 11.4 Å². The molecule has 0 saturated heterocycles. The van der Waals surface area contributed by atoms with Gasteiger partial charge in [-0.1, -0.05) is 34.5 Å². The number of phenolic OH excluding ortho intramolecular Hbond substituents is 1. The lowest BCUT2D eigenvalue weighted by molar-refractivity contribution is 0.103. The summed E-state index contributed by atoms with van der Waals surface area (Å²) in [5, 5.41) is 18.0. The highest BCUT2D eigenvalue weighted by atomic mass is 16.3. The van der Waals surface area contributed by atoms with Gasteiger partial charge in [-0.2, -0.15) is 0 Å². The molecule has 5 nitrogen and oxygen atoms in total. The van der Waals surface area contributed by atoms with Crippen LogP contribution in [0.3, 0.4) is 0 Å². The molecule has 1 N–H and O–H groups in total. The van der Waals surface area contributed by atoms with Crippen LogP contribution in [0.25, 0.3) is 5.69 Å². The maximum absolute atomic E-state index is 12.6. The zero-order valence-corrected chi connectivity index (χ0v) is 13.2. The maximum atomic E-state index is 12.6. The van der Waals surface area contributed by atoms with E-state index in [2.05, 4.69) is 10.3 Å². The summed E-state index contributed by atoms with van der Waals surface area (Å²) >= 11 is 0. The molecule has 0 radical (unpaired) electrons. The van der Waals surface area contributed by atoms with Crippen molar-refractivity contribution in [1.82, 2.24) is 15.0 Å². The van der Waals surface area contributed by atoms with Gasteiger partial charge in [-0.05, 0) is 44.5 Å². The molecule has 3 aromatic rings. The Balaban J connectivity index is 2.00. The van der Waals surface area contributed by atoms with Crippen molar-refractivity contribution in [2.45, 2.75) is 20.8 Å². The lowest BCUT2D eigenvalue weighted by atomic mass is 10.0. The van der Waals surface area contributed by atoms with E-state index in [-0.39, 0.29) is 17.2 Å². The lowest BCUT2D eigenvalue weighted by Crippen LogP contribution is -2.03. The Bertz CT molecular complexity index is 857. The van der Waals surface area contributed by atoms with E-state index in [1.807, 2.05) is 45.0 Å². The molecule has 0 aliphatic heterocycles. The number of rotatable bonds is 3. The fraction of sp³-hybridized carbons (Fsp3) is 0.167. The van der Waals surface area contributed by atoms with Crippen molar-refractivity contribution < 1.29 is 9.90 Å². The summed E-state index contributed by atoms with van der Waals surface area (Å²) < 4.78 is 1.43. The van der Waals surface area contributed by atoms with Gasteiger partial charge in [0.25, 0.3) is 0 Å². The van der Waals surface area contributed by atoms with Crippen LogP contribution in [0.1, 0.15) is 32.7 Å². The van der Waals surface area contributed by atoms with E-state index in [0.29, 0.717) is 11.3 Å². The normalized spacial score (nSPS) is 10.7. The molecule has 3 rings (SSSR count). The minimum absolute atomic E-state index is 0.0975. The molecule has 0 saturated carbocycles. The number of carbonyl (C=O) groups is 1. The zero-order chi connectivity index (χ0) is 16.6. The zero-order valence-electron chi connectivity index (χ0n) is 13.2. The molecular weight excluding hydrogens is 290 g/mol. The Hall–Kier alpha value is -2.95. The molecule has 0 aliphatic carbocycles. The number of carbonyl (C=O) groups excluding carboxylic acids is 1. The maximum Gasteiger partial charge on any atom is 0.214 e. The molecule has 0 atom stereocenters. The van der Waals surface area contributed by atoms with Gasteiger partial charge in [-0.15, -0.1) is 5.10 Å². The third-order valence-corrected chi connectivity index (χ3v) is 3.66. The number of ketones is 1. The van der Waals surface area contributed by atoms with Crippen molar-refractivity contribution >= 4 is 5.78 Å². The second-order valence-electron chi connectivity index (χ2n) is 5.70. The molecule has 5 heteroatoms. The van der Waals surface area contributed by atoms with Crippen LogP contribution < -0.4 is 0 Å². The van der Waals surface area contributed by atoms with Gasteiger partial charge in [0.05, 0.1) is 6.20 Å². The van der Waals surface area contributed by atoms with E-state index < -0.39 is 0 Å². The number of phenols is 1. The Morgan fingerprint density at radius 2 is 1.78 bits per heavy atom. The summed E-state index contributed by atoms with van der Waals surface area (Å²) in [6.07, 6.45) is 1.54. The van der Waals surface area contributed by atoms with E-state index in [9.17, 15) is 9.90 Å². The molecule has 0 unspecified atom stereocenters. The van der Waals surface area contributed by atoms with Gasteiger partial charge in [0.2, 0.25) is 5.78 Å². The fourth-order valence-corrected chi connectivity index (χ4v) is 2.67. The minimum atomic E-state index is -0.184. The number of aromatic nitrogens is 3. The number of aryl methyl sites for hydroxylation is 3. The molecule has 2 aromatic carbocycles. The first-order valence-corrected chi connectivity index (χ1v) is 7.30. The molecule has 1 aromatic heterocycles.